The Bertz CT molecular complexity index is 72.1. The molecule has 0 saturated heterocycles. The Morgan fingerprint density at radius 3 is 1.40 bits per heavy atom. The molecular formula is C6H16N2OPt. The van der Waals surface area contributed by atoms with Crippen molar-refractivity contribution in [3.05, 3.63) is 0 Å². The van der Waals surface area contributed by atoms with Crippen molar-refractivity contribution in [3.8, 4) is 0 Å². The molecule has 0 radical (unpaired) electrons. The first-order chi connectivity index (χ1) is 3.80. The Hall–Kier alpha value is 0.568. The average Bonchev–Trinajstić information content (AvgIpc) is 1.77. The monoisotopic (exact) mass is 327 g/mol. The van der Waals surface area contributed by atoms with Gasteiger partial charge in [-0.3, -0.25) is 0 Å². The maximum Gasteiger partial charge on any atom is 0.0192 e. The Morgan fingerprint density at radius 2 is 1.20 bits per heavy atom. The Kier molecular flexibility index (Phi) is 8.29. The molecular weight excluding hydrogens is 311 g/mol. The van der Waals surface area contributed by atoms with Crippen LogP contribution >= 0.6 is 0 Å². The SMILES string of the molecule is NC1CCCCC1N.O.[Pt]. The summed E-state index contributed by atoms with van der Waals surface area (Å²) in [7, 11) is 0. The predicted octanol–water partition coefficient (Wildman–Crippen LogP) is -0.612. The van der Waals surface area contributed by atoms with Gasteiger partial charge in [0, 0.05) is 33.1 Å². The first kappa shape index (κ1) is 13.2. The fraction of sp³-hybridized carbons (Fsp3) is 1.00. The smallest absolute Gasteiger partial charge is 0.0192 e. The van der Waals surface area contributed by atoms with Gasteiger partial charge in [-0.25, -0.2) is 0 Å². The molecule has 0 spiro atoms. The standard InChI is InChI=1S/C6H14N2.H2O.Pt/c7-5-3-1-2-4-6(5)8;;/h5-6H,1-4,7-8H2;1H2;. The molecule has 6 N–H and O–H groups in total. The third-order valence-electron chi connectivity index (χ3n) is 1.87. The van der Waals surface area contributed by atoms with Crippen LogP contribution in [0.2, 0.25) is 0 Å². The van der Waals surface area contributed by atoms with Gasteiger partial charge in [0.2, 0.25) is 0 Å². The van der Waals surface area contributed by atoms with Crippen LogP contribution in [-0.2, 0) is 21.1 Å². The van der Waals surface area contributed by atoms with Gasteiger partial charge in [0.1, 0.15) is 0 Å². The van der Waals surface area contributed by atoms with Gasteiger partial charge in [0.15, 0.2) is 0 Å². The number of nitrogens with two attached hydrogens (primary N) is 2. The van der Waals surface area contributed by atoms with Crippen molar-refractivity contribution in [2.75, 3.05) is 0 Å². The summed E-state index contributed by atoms with van der Waals surface area (Å²) < 4.78 is 0. The summed E-state index contributed by atoms with van der Waals surface area (Å²) in [5, 5.41) is 0. The van der Waals surface area contributed by atoms with Crippen LogP contribution in [0.4, 0.5) is 0 Å². The van der Waals surface area contributed by atoms with Crippen LogP contribution in [0, 0.1) is 0 Å². The van der Waals surface area contributed by atoms with E-state index in [0.717, 1.165) is 12.8 Å². The van der Waals surface area contributed by atoms with Crippen LogP contribution in [0.1, 0.15) is 25.7 Å². The summed E-state index contributed by atoms with van der Waals surface area (Å²) in [6.45, 7) is 0. The molecule has 1 aliphatic carbocycles. The van der Waals surface area contributed by atoms with E-state index in [1.807, 2.05) is 0 Å². The Morgan fingerprint density at radius 1 is 0.900 bits per heavy atom. The quantitative estimate of drug-likeness (QED) is 0.622. The molecule has 10 heavy (non-hydrogen) atoms. The van der Waals surface area contributed by atoms with Crippen LogP contribution < -0.4 is 11.5 Å². The summed E-state index contributed by atoms with van der Waals surface area (Å²) in [5.74, 6) is 0. The van der Waals surface area contributed by atoms with Crippen molar-refractivity contribution in [1.29, 1.82) is 0 Å². The molecule has 0 bridgehead atoms. The van der Waals surface area contributed by atoms with E-state index in [9.17, 15) is 0 Å². The second-order valence-electron chi connectivity index (χ2n) is 2.61. The molecule has 0 aliphatic heterocycles. The third-order valence-corrected chi connectivity index (χ3v) is 1.87. The number of hydrogen-bond acceptors (Lipinski definition) is 2. The summed E-state index contributed by atoms with van der Waals surface area (Å²) in [4.78, 5) is 0. The van der Waals surface area contributed by atoms with E-state index in [1.165, 1.54) is 12.8 Å². The fourth-order valence-electron chi connectivity index (χ4n) is 1.19. The van der Waals surface area contributed by atoms with Gasteiger partial charge in [0.25, 0.3) is 0 Å². The molecule has 0 aromatic rings. The third kappa shape index (κ3) is 3.67. The maximum absolute atomic E-state index is 5.65. The van der Waals surface area contributed by atoms with E-state index in [1.54, 1.807) is 0 Å². The molecule has 3 nitrogen and oxygen atoms in total. The Balaban J connectivity index is 0. The minimum Gasteiger partial charge on any atom is -0.412 e. The summed E-state index contributed by atoms with van der Waals surface area (Å²) in [5.41, 5.74) is 11.3. The Labute approximate surface area is 76.1 Å². The largest absolute Gasteiger partial charge is 0.412 e. The van der Waals surface area contributed by atoms with Crippen LogP contribution in [-0.4, -0.2) is 17.6 Å². The second kappa shape index (κ2) is 6.29. The molecule has 0 amide bonds. The van der Waals surface area contributed by atoms with Gasteiger partial charge < -0.3 is 16.9 Å². The van der Waals surface area contributed by atoms with Crippen LogP contribution in [0.3, 0.4) is 0 Å². The first-order valence-electron chi connectivity index (χ1n) is 3.32. The van der Waals surface area contributed by atoms with Crippen molar-refractivity contribution in [2.24, 2.45) is 11.5 Å². The minimum absolute atomic E-state index is 0. The van der Waals surface area contributed by atoms with Crippen LogP contribution in [0.25, 0.3) is 0 Å². The normalized spacial score (nSPS) is 31.8. The second-order valence-corrected chi connectivity index (χ2v) is 2.61. The fourth-order valence-corrected chi connectivity index (χ4v) is 1.19. The van der Waals surface area contributed by atoms with Crippen molar-refractivity contribution >= 4 is 0 Å². The molecule has 1 rings (SSSR count). The molecule has 2 unspecified atom stereocenters. The van der Waals surface area contributed by atoms with Crippen molar-refractivity contribution in [2.45, 2.75) is 37.8 Å². The van der Waals surface area contributed by atoms with Gasteiger partial charge in [-0.05, 0) is 12.8 Å². The molecule has 0 aromatic heterocycles. The van der Waals surface area contributed by atoms with Crippen molar-refractivity contribution < 1.29 is 26.5 Å². The van der Waals surface area contributed by atoms with E-state index >= 15 is 0 Å². The zero-order valence-electron chi connectivity index (χ0n) is 5.95. The maximum atomic E-state index is 5.65. The molecule has 1 saturated carbocycles. The minimum atomic E-state index is 0. The van der Waals surface area contributed by atoms with E-state index in [4.69, 9.17) is 11.5 Å². The van der Waals surface area contributed by atoms with Crippen LogP contribution in [0.15, 0.2) is 0 Å². The average molecular weight is 327 g/mol. The molecule has 1 aliphatic rings. The summed E-state index contributed by atoms with van der Waals surface area (Å²) in [6.07, 6.45) is 4.80. The molecule has 0 heterocycles. The van der Waals surface area contributed by atoms with Gasteiger partial charge in [-0.15, -0.1) is 0 Å². The van der Waals surface area contributed by atoms with Gasteiger partial charge in [-0.2, -0.15) is 0 Å². The predicted molar refractivity (Wildman–Crippen MR) is 38.0 cm³/mol. The van der Waals surface area contributed by atoms with E-state index in [0.29, 0.717) is 0 Å². The van der Waals surface area contributed by atoms with Crippen LogP contribution in [0.5, 0.6) is 0 Å². The zero-order chi connectivity index (χ0) is 5.98. The van der Waals surface area contributed by atoms with Crippen molar-refractivity contribution in [3.63, 3.8) is 0 Å². The van der Waals surface area contributed by atoms with E-state index < -0.39 is 0 Å². The van der Waals surface area contributed by atoms with Gasteiger partial charge in [0.05, 0.1) is 0 Å². The van der Waals surface area contributed by atoms with Crippen molar-refractivity contribution in [1.82, 2.24) is 0 Å². The van der Waals surface area contributed by atoms with E-state index in [2.05, 4.69) is 0 Å². The first-order valence-corrected chi connectivity index (χ1v) is 3.32. The molecule has 0 aromatic carbocycles. The number of rotatable bonds is 0. The van der Waals surface area contributed by atoms with Gasteiger partial charge >= 0.3 is 0 Å². The molecule has 66 valence electrons. The van der Waals surface area contributed by atoms with Gasteiger partial charge in [-0.1, -0.05) is 12.8 Å². The van der Waals surface area contributed by atoms with E-state index in [-0.39, 0.29) is 38.6 Å². The summed E-state index contributed by atoms with van der Waals surface area (Å²) >= 11 is 0. The zero-order valence-corrected chi connectivity index (χ0v) is 8.23. The molecule has 4 heteroatoms. The topological polar surface area (TPSA) is 83.5 Å². The number of hydrogen-bond donors (Lipinski definition) is 2. The summed E-state index contributed by atoms with van der Waals surface area (Å²) in [6, 6.07) is 0.562. The molecule has 1 fully saturated rings. The molecule has 2 atom stereocenters.